The first-order chi connectivity index (χ1) is 14.0. The molecule has 0 saturated heterocycles. The fourth-order valence-electron chi connectivity index (χ4n) is 2.89. The number of hydrogen-bond acceptors (Lipinski definition) is 5. The first kappa shape index (κ1) is 29.5. The van der Waals surface area contributed by atoms with Crippen LogP contribution in [0, 0.1) is 0 Å². The number of quaternary nitrogens is 1. The van der Waals surface area contributed by atoms with Crippen LogP contribution in [-0.2, 0) is 18.4 Å². The number of phosphoric ester groups is 1. The number of likely N-dealkylation sites (N-methyl/N-ethyl adjacent to an activating group) is 1. The van der Waals surface area contributed by atoms with E-state index in [4.69, 9.17) is 9.05 Å². The maximum Gasteiger partial charge on any atom is 0.472 e. The summed E-state index contributed by atoms with van der Waals surface area (Å²) >= 11 is 0. The second kappa shape index (κ2) is 16.2. The van der Waals surface area contributed by atoms with Crippen molar-refractivity contribution in [3.05, 3.63) is 0 Å². The fraction of sp³-hybridized carbons (Fsp3) is 0.952. The topological polar surface area (TPSA) is 105 Å². The average molecular weight is 454 g/mol. The third kappa shape index (κ3) is 17.2. The van der Waals surface area contributed by atoms with Crippen LogP contribution in [0.2, 0.25) is 0 Å². The molecule has 3 atom stereocenters. The highest BCUT2D eigenvalue weighted by Gasteiger charge is 2.28. The van der Waals surface area contributed by atoms with Crippen LogP contribution >= 0.6 is 7.82 Å². The third-order valence-electron chi connectivity index (χ3n) is 4.92. The molecule has 0 bridgehead atoms. The van der Waals surface area contributed by atoms with E-state index in [1.165, 1.54) is 32.1 Å². The number of aliphatic hydroxyl groups excluding tert-OH is 1. The van der Waals surface area contributed by atoms with Gasteiger partial charge in [0.15, 0.2) is 0 Å². The van der Waals surface area contributed by atoms with Crippen LogP contribution in [0.1, 0.15) is 78.1 Å². The molecule has 8 nitrogen and oxygen atoms in total. The van der Waals surface area contributed by atoms with Crippen molar-refractivity contribution in [2.45, 2.75) is 90.2 Å². The molecule has 0 spiro atoms. The number of nitrogens with zero attached hydrogens (tertiary/aromatic N) is 1. The summed E-state index contributed by atoms with van der Waals surface area (Å²) in [7, 11) is 1.60. The van der Waals surface area contributed by atoms with Gasteiger partial charge in [-0.2, -0.15) is 0 Å². The average Bonchev–Trinajstić information content (AvgIpc) is 2.65. The molecule has 0 aliphatic rings. The van der Waals surface area contributed by atoms with Crippen LogP contribution in [-0.4, -0.2) is 73.4 Å². The first-order valence-electron chi connectivity index (χ1n) is 11.4. The van der Waals surface area contributed by atoms with Gasteiger partial charge in [0.25, 0.3) is 0 Å². The van der Waals surface area contributed by atoms with E-state index in [1.54, 1.807) is 6.92 Å². The van der Waals surface area contributed by atoms with Gasteiger partial charge < -0.3 is 19.8 Å². The third-order valence-corrected chi connectivity index (χ3v) is 5.90. The number of aliphatic hydroxyl groups is 1. The highest BCUT2D eigenvalue weighted by Crippen LogP contribution is 2.43. The van der Waals surface area contributed by atoms with Crippen LogP contribution in [0.15, 0.2) is 0 Å². The van der Waals surface area contributed by atoms with Crippen LogP contribution in [0.25, 0.3) is 0 Å². The van der Waals surface area contributed by atoms with Gasteiger partial charge in [0.2, 0.25) is 5.91 Å². The van der Waals surface area contributed by atoms with E-state index in [0.717, 1.165) is 19.3 Å². The van der Waals surface area contributed by atoms with Gasteiger partial charge >= 0.3 is 7.82 Å². The number of amides is 1. The van der Waals surface area contributed by atoms with Gasteiger partial charge in [0.05, 0.1) is 39.9 Å². The molecule has 0 heterocycles. The van der Waals surface area contributed by atoms with Gasteiger partial charge in [-0.1, -0.05) is 65.2 Å². The summed E-state index contributed by atoms with van der Waals surface area (Å²) in [5.41, 5.74) is 0. The smallest absolute Gasteiger partial charge is 0.391 e. The summed E-state index contributed by atoms with van der Waals surface area (Å²) in [5, 5.41) is 13.2. The summed E-state index contributed by atoms with van der Waals surface area (Å²) in [6.45, 7) is 4.26. The lowest BCUT2D eigenvalue weighted by molar-refractivity contribution is -0.870. The SMILES string of the molecule is CCCCCCCCCCC(O)C(COP(=O)(O)OCC[N+](C)(C)C)NC(=O)CC. The number of carbonyl (C=O) groups excluding carboxylic acids is 1. The second-order valence-corrected chi connectivity index (χ2v) is 10.4. The van der Waals surface area contributed by atoms with Crippen molar-refractivity contribution in [3.8, 4) is 0 Å². The molecule has 30 heavy (non-hydrogen) atoms. The minimum absolute atomic E-state index is 0.0735. The number of unbranched alkanes of at least 4 members (excludes halogenated alkanes) is 7. The highest BCUT2D eigenvalue weighted by atomic mass is 31.2. The maximum atomic E-state index is 12.1. The molecule has 9 heteroatoms. The largest absolute Gasteiger partial charge is 0.472 e. The Hall–Kier alpha value is -0.500. The lowest BCUT2D eigenvalue weighted by Crippen LogP contribution is -2.46. The molecule has 180 valence electrons. The van der Waals surface area contributed by atoms with Crippen LogP contribution in [0.5, 0.6) is 0 Å². The van der Waals surface area contributed by atoms with Crippen molar-refractivity contribution < 1.29 is 32.9 Å². The van der Waals surface area contributed by atoms with Gasteiger partial charge in [-0.15, -0.1) is 0 Å². The Morgan fingerprint density at radius 3 is 2.10 bits per heavy atom. The van der Waals surface area contributed by atoms with Gasteiger partial charge in [0, 0.05) is 6.42 Å². The molecule has 0 aromatic carbocycles. The predicted molar refractivity (Wildman–Crippen MR) is 120 cm³/mol. The van der Waals surface area contributed by atoms with Crippen LogP contribution in [0.3, 0.4) is 0 Å². The van der Waals surface area contributed by atoms with Gasteiger partial charge in [-0.05, 0) is 6.42 Å². The van der Waals surface area contributed by atoms with Gasteiger partial charge in [-0.3, -0.25) is 13.8 Å². The Kier molecular flexibility index (Phi) is 15.9. The van der Waals surface area contributed by atoms with E-state index in [0.29, 0.717) is 17.4 Å². The number of rotatable bonds is 19. The molecule has 0 rings (SSSR count). The molecule has 0 radical (unpaired) electrons. The zero-order valence-electron chi connectivity index (χ0n) is 19.8. The fourth-order valence-corrected chi connectivity index (χ4v) is 3.62. The summed E-state index contributed by atoms with van der Waals surface area (Å²) in [5.74, 6) is -0.239. The van der Waals surface area contributed by atoms with Crippen molar-refractivity contribution in [2.75, 3.05) is 40.9 Å². The molecular weight excluding hydrogens is 407 g/mol. The van der Waals surface area contributed by atoms with E-state index in [1.807, 2.05) is 21.1 Å². The van der Waals surface area contributed by atoms with E-state index in [2.05, 4.69) is 12.2 Å². The Balaban J connectivity index is 4.40. The van der Waals surface area contributed by atoms with E-state index >= 15 is 0 Å². The summed E-state index contributed by atoms with van der Waals surface area (Å²) in [4.78, 5) is 21.7. The Labute approximate surface area is 183 Å². The van der Waals surface area contributed by atoms with Gasteiger partial charge in [-0.25, -0.2) is 4.57 Å². The molecule has 0 aliphatic heterocycles. The Morgan fingerprint density at radius 2 is 1.57 bits per heavy atom. The van der Waals surface area contributed by atoms with Crippen LogP contribution < -0.4 is 5.32 Å². The molecule has 3 unspecified atom stereocenters. The van der Waals surface area contributed by atoms with Crippen LogP contribution in [0.4, 0.5) is 0 Å². The molecule has 3 N–H and O–H groups in total. The molecular formula is C21H46N2O6P+. The zero-order chi connectivity index (χ0) is 23.0. The monoisotopic (exact) mass is 453 g/mol. The van der Waals surface area contributed by atoms with E-state index in [-0.39, 0.29) is 25.5 Å². The highest BCUT2D eigenvalue weighted by molar-refractivity contribution is 7.47. The van der Waals surface area contributed by atoms with Crippen molar-refractivity contribution in [2.24, 2.45) is 0 Å². The van der Waals surface area contributed by atoms with Crippen molar-refractivity contribution in [1.29, 1.82) is 0 Å². The van der Waals surface area contributed by atoms with Crippen molar-refractivity contribution in [1.82, 2.24) is 5.32 Å². The first-order valence-corrected chi connectivity index (χ1v) is 12.9. The number of carbonyl (C=O) groups is 1. The Morgan fingerprint density at radius 1 is 1.00 bits per heavy atom. The number of nitrogens with one attached hydrogen (secondary N) is 1. The number of hydrogen-bond donors (Lipinski definition) is 3. The molecule has 0 aliphatic carbocycles. The zero-order valence-corrected chi connectivity index (χ0v) is 20.7. The molecule has 0 saturated carbocycles. The number of phosphoric acid groups is 1. The normalized spacial score (nSPS) is 16.1. The second-order valence-electron chi connectivity index (χ2n) is 8.97. The van der Waals surface area contributed by atoms with E-state index < -0.39 is 20.0 Å². The standard InChI is InChI=1S/C21H45N2O6P/c1-6-8-9-10-11-12-13-14-15-20(24)19(22-21(25)7-2)18-29-30(26,27)28-17-16-23(3,4)5/h19-20,24H,6-18H2,1-5H3,(H-,22,25,26,27)/p+1. The lowest BCUT2D eigenvalue weighted by Gasteiger charge is -2.26. The molecule has 0 fully saturated rings. The van der Waals surface area contributed by atoms with E-state index in [9.17, 15) is 19.4 Å². The predicted octanol–water partition coefficient (Wildman–Crippen LogP) is 3.61. The Bertz CT molecular complexity index is 498. The van der Waals surface area contributed by atoms with Crippen molar-refractivity contribution in [3.63, 3.8) is 0 Å². The summed E-state index contributed by atoms with van der Waals surface area (Å²) in [6.07, 6.45) is 9.16. The summed E-state index contributed by atoms with van der Waals surface area (Å²) in [6, 6.07) is -0.746. The minimum Gasteiger partial charge on any atom is -0.391 e. The summed E-state index contributed by atoms with van der Waals surface area (Å²) < 4.78 is 22.8. The lowest BCUT2D eigenvalue weighted by atomic mass is 10.0. The van der Waals surface area contributed by atoms with Gasteiger partial charge in [0.1, 0.15) is 13.2 Å². The molecule has 1 amide bonds. The quantitative estimate of drug-likeness (QED) is 0.157. The van der Waals surface area contributed by atoms with Crippen molar-refractivity contribution >= 4 is 13.7 Å². The molecule has 0 aromatic rings. The maximum absolute atomic E-state index is 12.1. The minimum atomic E-state index is -4.25. The molecule has 0 aromatic heterocycles.